The molecule has 31 heavy (non-hydrogen) atoms. The average Bonchev–Trinajstić information content (AvgIpc) is 1.96. The summed E-state index contributed by atoms with van der Waals surface area (Å²) in [6, 6.07) is 0. The van der Waals surface area contributed by atoms with Crippen molar-refractivity contribution < 1.29 is 99.0 Å². The molecule has 0 aliphatic rings. The molecule has 0 fully saturated rings. The van der Waals surface area contributed by atoms with Crippen molar-refractivity contribution in [3.63, 3.8) is 0 Å². The monoisotopic (exact) mass is 1340 g/mol. The molecule has 0 aromatic carbocycles. The van der Waals surface area contributed by atoms with Gasteiger partial charge in [0.15, 0.2) is 0 Å². The summed E-state index contributed by atoms with van der Waals surface area (Å²) < 4.78 is 63.5. The van der Waals surface area contributed by atoms with Gasteiger partial charge >= 0.3 is 109 Å². The molecule has 31 heteroatoms. The first kappa shape index (κ1) is 52.0. The first-order chi connectivity index (χ1) is 11.1. The summed E-state index contributed by atoms with van der Waals surface area (Å²) in [6.07, 6.45) is 0. The van der Waals surface area contributed by atoms with Gasteiger partial charge in [0.2, 0.25) is 0 Å². The molecule has 0 rings (SSSR count). The van der Waals surface area contributed by atoms with Crippen molar-refractivity contribution in [2.45, 2.75) is 0 Å². The zero-order valence-corrected chi connectivity index (χ0v) is 36.9. The maximum Gasteiger partial charge on any atom is 3.00 e. The Morgan fingerprint density at radius 2 is 0.355 bits per heavy atom. The molecule has 0 unspecified atom stereocenters. The minimum Gasteiger partial charge on any atom is -0.790 e. The van der Waals surface area contributed by atoms with Gasteiger partial charge in [-0.05, 0) is 0 Å². The van der Waals surface area contributed by atoms with Gasteiger partial charge in [-0.15, -0.1) is 0 Å². The standard InChI is InChI=1S/3H4O7P2.4Tl/c3*1-8(2,3)7-9(4,5)6;;;;/h3*(H2,1,2,3)(H2,4,5,6);;;;/q;;;4*+3/p-12. The van der Waals surface area contributed by atoms with Gasteiger partial charge in [0.05, 0.1) is 46.9 Å². The molecule has 21 nitrogen and oxygen atoms in total. The molecule has 0 bridgehead atoms. The van der Waals surface area contributed by atoms with Crippen LogP contribution in [-0.4, -0.2) is 109 Å². The third-order valence-electron chi connectivity index (χ3n) is 0.600. The molecule has 0 aromatic heterocycles. The second-order valence-electron chi connectivity index (χ2n) is 2.93. The molecular formula is O21P6Tl4. The molecule has 0 spiro atoms. The van der Waals surface area contributed by atoms with E-state index in [1.165, 1.54) is 0 Å². The van der Waals surface area contributed by atoms with Crippen LogP contribution in [0.25, 0.3) is 0 Å². The Labute approximate surface area is 252 Å². The first-order valence-electron chi connectivity index (χ1n) is 4.38. The zero-order chi connectivity index (χ0) is 23.1. The Balaban J connectivity index is -0.0000000524. The van der Waals surface area contributed by atoms with Crippen LogP contribution in [0.5, 0.6) is 0 Å². The first-order valence-corrected chi connectivity index (χ1v) is 13.1. The Hall–Kier alpha value is 4.47. The molecule has 0 aromatic rings. The van der Waals surface area contributed by atoms with Gasteiger partial charge in [-0.3, -0.25) is 0 Å². The van der Waals surface area contributed by atoms with E-state index >= 15 is 0 Å². The van der Waals surface area contributed by atoms with Gasteiger partial charge < -0.3 is 99.0 Å². The molecular weight excluding hydrogens is 1340 g/mol. The summed E-state index contributed by atoms with van der Waals surface area (Å²) in [5, 5.41) is 0. The quantitative estimate of drug-likeness (QED) is 0.176. The van der Waals surface area contributed by atoms with Crippen molar-refractivity contribution in [3.05, 3.63) is 0 Å². The van der Waals surface area contributed by atoms with Crippen molar-refractivity contribution in [2.24, 2.45) is 0 Å². The van der Waals surface area contributed by atoms with Gasteiger partial charge in [0, 0.05) is 0 Å². The summed E-state index contributed by atoms with van der Waals surface area (Å²) in [6.45, 7) is 0. The van der Waals surface area contributed by atoms with Crippen molar-refractivity contribution in [1.29, 1.82) is 0 Å². The van der Waals surface area contributed by atoms with E-state index in [1.807, 2.05) is 0 Å². The SMILES string of the molecule is O=P([O-])([O-])OP(=O)([O-])[O-].O=P([O-])([O-])OP(=O)([O-])[O-].O=P([O-])([O-])OP(=O)([O-])[O-].[Tl+3].[Tl+3].[Tl+3].[Tl+3]. The predicted octanol–water partition coefficient (Wildman–Crippen LogP) is -11.5. The van der Waals surface area contributed by atoms with E-state index in [-0.39, 0.29) is 109 Å². The van der Waals surface area contributed by atoms with E-state index in [1.54, 1.807) is 0 Å². The van der Waals surface area contributed by atoms with E-state index in [4.69, 9.17) is 0 Å². The van der Waals surface area contributed by atoms with Crippen LogP contribution in [-0.2, 0) is 40.3 Å². The largest absolute Gasteiger partial charge is 3.00 e. The van der Waals surface area contributed by atoms with Crippen molar-refractivity contribution in [1.82, 2.24) is 0 Å². The van der Waals surface area contributed by atoms with Crippen LogP contribution in [0.15, 0.2) is 0 Å². The van der Waals surface area contributed by atoms with Gasteiger partial charge in [0.25, 0.3) is 0 Å². The zero-order valence-electron chi connectivity index (χ0n) is 13.6. The summed E-state index contributed by atoms with van der Waals surface area (Å²) in [5.41, 5.74) is 0. The van der Waals surface area contributed by atoms with Crippen molar-refractivity contribution in [3.8, 4) is 0 Å². The summed E-state index contributed by atoms with van der Waals surface area (Å²) in [4.78, 5) is 112. The van der Waals surface area contributed by atoms with Gasteiger partial charge in [-0.2, -0.15) is 0 Å². The predicted molar refractivity (Wildman–Crippen MR) is 71.9 cm³/mol. The van der Waals surface area contributed by atoms with E-state index < -0.39 is 46.9 Å². The van der Waals surface area contributed by atoms with Gasteiger partial charge in [0.1, 0.15) is 0 Å². The Morgan fingerprint density at radius 3 is 0.355 bits per heavy atom. The van der Waals surface area contributed by atoms with Crippen molar-refractivity contribution in [2.75, 3.05) is 0 Å². The Kier molecular flexibility index (Phi) is 34.3. The average molecular weight is 1340 g/mol. The molecule has 0 heterocycles. The molecule has 0 aliphatic carbocycles. The minimum absolute atomic E-state index is 0. The van der Waals surface area contributed by atoms with Gasteiger partial charge in [-0.1, -0.05) is 0 Å². The fourth-order valence-electron chi connectivity index (χ4n) is 0.367. The summed E-state index contributed by atoms with van der Waals surface area (Å²) in [5.74, 6) is 0. The fraction of sp³-hybridized carbons (Fsp3) is 0. The third-order valence-corrected chi connectivity index (χ3v) is 5.40. The van der Waals surface area contributed by atoms with Crippen LogP contribution in [0.3, 0.4) is 0 Å². The fourth-order valence-corrected chi connectivity index (χ4v) is 3.31. The maximum atomic E-state index is 9.32. The molecule has 0 amide bonds. The summed E-state index contributed by atoms with van der Waals surface area (Å²) >= 11 is 0. The molecule has 0 N–H and O–H groups in total. The topological polar surface area (TPSA) is 407 Å². The van der Waals surface area contributed by atoms with E-state index in [0.29, 0.717) is 0 Å². The van der Waals surface area contributed by atoms with Crippen LogP contribution in [0.4, 0.5) is 0 Å². The molecule has 0 aliphatic heterocycles. The van der Waals surface area contributed by atoms with Crippen LogP contribution in [0, 0.1) is 0 Å². The maximum absolute atomic E-state index is 9.32. The van der Waals surface area contributed by atoms with E-state index in [0.717, 1.165) is 0 Å². The summed E-state index contributed by atoms with van der Waals surface area (Å²) in [7, 11) is -34.1. The van der Waals surface area contributed by atoms with E-state index in [9.17, 15) is 86.1 Å². The minimum atomic E-state index is -5.68. The molecule has 168 valence electrons. The van der Waals surface area contributed by atoms with Crippen LogP contribution in [0.2, 0.25) is 0 Å². The Morgan fingerprint density at radius 1 is 0.290 bits per heavy atom. The third kappa shape index (κ3) is 72.0. The van der Waals surface area contributed by atoms with Crippen LogP contribution in [0.1, 0.15) is 0 Å². The normalized spacial score (nSPS) is 12.0. The van der Waals surface area contributed by atoms with Gasteiger partial charge in [-0.25, -0.2) is 0 Å². The number of hydrogen-bond acceptors (Lipinski definition) is 21. The van der Waals surface area contributed by atoms with Crippen molar-refractivity contribution >= 4 is 156 Å². The van der Waals surface area contributed by atoms with Crippen LogP contribution < -0.4 is 58.7 Å². The number of rotatable bonds is 6. The molecule has 0 saturated heterocycles. The smallest absolute Gasteiger partial charge is 0.790 e. The second-order valence-corrected chi connectivity index (χ2v) is 10.3. The molecule has 0 saturated carbocycles. The van der Waals surface area contributed by atoms with E-state index in [2.05, 4.69) is 12.9 Å². The number of phosphoric acid groups is 6. The Bertz CT molecular complexity index is 559. The second kappa shape index (κ2) is 20.4. The molecule has 0 radical (unpaired) electrons. The molecule has 0 atom stereocenters. The number of hydrogen-bond donors (Lipinski definition) is 0. The van der Waals surface area contributed by atoms with Crippen LogP contribution >= 0.6 is 46.9 Å².